The molecule has 2 aromatic rings. The van der Waals surface area contributed by atoms with Gasteiger partial charge in [0, 0.05) is 32.8 Å². The zero-order chi connectivity index (χ0) is 29.1. The number of nitrogens with zero attached hydrogens (tertiary/aromatic N) is 4. The van der Waals surface area contributed by atoms with Crippen LogP contribution in [-0.4, -0.2) is 41.7 Å². The van der Waals surface area contributed by atoms with Crippen LogP contribution in [0.4, 0.5) is 0 Å². The molecule has 224 valence electrons. The van der Waals surface area contributed by atoms with Crippen LogP contribution in [0.15, 0.2) is 22.0 Å². The van der Waals surface area contributed by atoms with Crippen LogP contribution in [0, 0.1) is 5.41 Å². The van der Waals surface area contributed by atoms with Gasteiger partial charge >= 0.3 is 11.4 Å². The summed E-state index contributed by atoms with van der Waals surface area (Å²) in [4.78, 5) is 25.3. The van der Waals surface area contributed by atoms with Crippen molar-refractivity contribution < 1.29 is 14.9 Å². The number of aromatic hydroxyl groups is 2. The van der Waals surface area contributed by atoms with Crippen molar-refractivity contribution in [2.45, 2.75) is 137 Å². The summed E-state index contributed by atoms with van der Waals surface area (Å²) in [6.07, 6.45) is 13.5. The molecule has 0 saturated carbocycles. The summed E-state index contributed by atoms with van der Waals surface area (Å²) in [7, 11) is 0. The Morgan fingerprint density at radius 1 is 0.692 bits per heavy atom. The second-order valence-corrected chi connectivity index (χ2v) is 11.0. The molecule has 0 bridgehead atoms. The molecule has 0 aromatic carbocycles. The van der Waals surface area contributed by atoms with E-state index in [4.69, 9.17) is 4.74 Å². The fourth-order valence-corrected chi connectivity index (χ4v) is 6.03. The van der Waals surface area contributed by atoms with Crippen LogP contribution >= 0.6 is 0 Å². The van der Waals surface area contributed by atoms with E-state index >= 15 is 0 Å². The molecule has 0 fully saturated rings. The lowest BCUT2D eigenvalue weighted by atomic mass is 9.75. The molecule has 2 rings (SSSR count). The molecule has 0 saturated heterocycles. The Labute approximate surface area is 234 Å². The van der Waals surface area contributed by atoms with Crippen LogP contribution in [0.3, 0.4) is 0 Å². The Kier molecular flexibility index (Phi) is 12.9. The van der Waals surface area contributed by atoms with E-state index in [-0.39, 0.29) is 34.1 Å². The van der Waals surface area contributed by atoms with Crippen molar-refractivity contribution in [2.24, 2.45) is 5.41 Å². The van der Waals surface area contributed by atoms with Crippen molar-refractivity contribution in [1.29, 1.82) is 0 Å². The highest BCUT2D eigenvalue weighted by molar-refractivity contribution is 5.10. The maximum Gasteiger partial charge on any atom is 0.331 e. The number of imidazole rings is 2. The third-order valence-corrected chi connectivity index (χ3v) is 9.23. The average molecular weight is 551 g/mol. The monoisotopic (exact) mass is 550 g/mol. The van der Waals surface area contributed by atoms with Crippen molar-refractivity contribution in [3.63, 3.8) is 0 Å². The Bertz CT molecular complexity index is 1100. The second-order valence-electron chi connectivity index (χ2n) is 11.0. The molecule has 9 nitrogen and oxygen atoms in total. The van der Waals surface area contributed by atoms with Crippen molar-refractivity contribution in [1.82, 2.24) is 18.3 Å². The van der Waals surface area contributed by atoms with E-state index in [1.165, 1.54) is 10.8 Å². The third kappa shape index (κ3) is 7.83. The summed E-state index contributed by atoms with van der Waals surface area (Å²) in [5.41, 5.74) is -0.479. The third-order valence-electron chi connectivity index (χ3n) is 9.23. The van der Waals surface area contributed by atoms with E-state index in [9.17, 15) is 19.8 Å². The fourth-order valence-electron chi connectivity index (χ4n) is 6.03. The summed E-state index contributed by atoms with van der Waals surface area (Å²) < 4.78 is 12.2. The molecule has 0 aliphatic carbocycles. The fraction of sp³-hybridized carbons (Fsp3) is 0.800. The van der Waals surface area contributed by atoms with Crippen LogP contribution in [0.2, 0.25) is 0 Å². The zero-order valence-electron chi connectivity index (χ0n) is 25.4. The van der Waals surface area contributed by atoms with Gasteiger partial charge in [-0.3, -0.25) is 18.3 Å². The molecule has 2 aromatic heterocycles. The molecule has 0 aliphatic heterocycles. The highest BCUT2D eigenvalue weighted by atomic mass is 16.5. The van der Waals surface area contributed by atoms with Crippen LogP contribution in [0.1, 0.15) is 112 Å². The Morgan fingerprint density at radius 3 is 1.72 bits per heavy atom. The number of hydrogen-bond donors (Lipinski definition) is 2. The van der Waals surface area contributed by atoms with Crippen LogP contribution in [-0.2, 0) is 29.9 Å². The Hall–Kier alpha value is -2.42. The number of hydrogen-bond acceptors (Lipinski definition) is 5. The zero-order valence-corrected chi connectivity index (χ0v) is 25.4. The standard InChI is InChI=1S/C30H54N4O5/c1-7-29(8-2,19-20-33-25(35)23-31(11-5)27(33)37)17-13-15-21-39-22-16-14-18-30(9-3,10-4)34-26(36)24-32(12-6)28(34)38/h23-24,35-36H,7-22H2,1-6H3. The molecule has 0 radical (unpaired) electrons. The summed E-state index contributed by atoms with van der Waals surface area (Å²) in [6, 6.07) is 0. The van der Waals surface area contributed by atoms with Gasteiger partial charge in [0.05, 0.1) is 17.9 Å². The summed E-state index contributed by atoms with van der Waals surface area (Å²) >= 11 is 0. The first-order valence-electron chi connectivity index (χ1n) is 15.3. The quantitative estimate of drug-likeness (QED) is 0.202. The van der Waals surface area contributed by atoms with E-state index in [0.29, 0.717) is 26.2 Å². The first kappa shape index (κ1) is 32.8. The topological polar surface area (TPSA) is 104 Å². The van der Waals surface area contributed by atoms with Crippen molar-refractivity contribution in [3.05, 3.63) is 33.4 Å². The first-order chi connectivity index (χ1) is 18.7. The van der Waals surface area contributed by atoms with Gasteiger partial charge in [0.1, 0.15) is 0 Å². The molecule has 9 heteroatoms. The molecule has 0 aliphatic rings. The Balaban J connectivity index is 1.76. The Morgan fingerprint density at radius 2 is 1.23 bits per heavy atom. The van der Waals surface area contributed by atoms with Gasteiger partial charge in [-0.1, -0.05) is 47.0 Å². The minimum Gasteiger partial charge on any atom is -0.493 e. The van der Waals surface area contributed by atoms with Gasteiger partial charge < -0.3 is 14.9 Å². The molecular formula is C30H54N4O5. The molecule has 0 unspecified atom stereocenters. The number of unbranched alkanes of at least 4 members (excludes halogenated alkanes) is 2. The van der Waals surface area contributed by atoms with Crippen LogP contribution in [0.25, 0.3) is 0 Å². The number of ether oxygens (including phenoxy) is 1. The van der Waals surface area contributed by atoms with Gasteiger partial charge in [0.15, 0.2) is 0 Å². The number of aromatic nitrogens is 4. The molecule has 2 N–H and O–H groups in total. The summed E-state index contributed by atoms with van der Waals surface area (Å²) in [5.74, 6) is 0.106. The van der Waals surface area contributed by atoms with Gasteiger partial charge in [0.25, 0.3) is 0 Å². The van der Waals surface area contributed by atoms with E-state index < -0.39 is 0 Å². The van der Waals surface area contributed by atoms with Crippen molar-refractivity contribution in [3.8, 4) is 11.8 Å². The molecule has 2 heterocycles. The highest BCUT2D eigenvalue weighted by Gasteiger charge is 2.32. The second kappa shape index (κ2) is 15.4. The summed E-state index contributed by atoms with van der Waals surface area (Å²) in [5, 5.41) is 20.7. The van der Waals surface area contributed by atoms with Crippen LogP contribution < -0.4 is 11.4 Å². The number of aryl methyl sites for hydroxylation is 2. The largest absolute Gasteiger partial charge is 0.493 e. The SMILES string of the molecule is CCn1cc(O)n(CCC(CC)(CC)CCCCOCCCCC(CC)(CC)n2c(O)cn(CC)c2=O)c1=O. The van der Waals surface area contributed by atoms with Gasteiger partial charge in [-0.2, -0.15) is 0 Å². The summed E-state index contributed by atoms with van der Waals surface area (Å²) in [6.45, 7) is 15.5. The lowest BCUT2D eigenvalue weighted by Crippen LogP contribution is -2.40. The van der Waals surface area contributed by atoms with E-state index in [1.807, 2.05) is 13.8 Å². The van der Waals surface area contributed by atoms with Gasteiger partial charge in [-0.25, -0.2) is 9.59 Å². The lowest BCUT2D eigenvalue weighted by Gasteiger charge is -2.33. The smallest absolute Gasteiger partial charge is 0.331 e. The minimum atomic E-state index is -0.369. The first-order valence-corrected chi connectivity index (χ1v) is 15.3. The van der Waals surface area contributed by atoms with Gasteiger partial charge in [0.2, 0.25) is 11.8 Å². The highest BCUT2D eigenvalue weighted by Crippen LogP contribution is 2.37. The minimum absolute atomic E-state index is 0.0506. The molecule has 39 heavy (non-hydrogen) atoms. The average Bonchev–Trinajstić information content (AvgIpc) is 3.40. The van der Waals surface area contributed by atoms with Gasteiger partial charge in [-0.15, -0.1) is 0 Å². The maximum absolute atomic E-state index is 12.8. The molecular weight excluding hydrogens is 496 g/mol. The lowest BCUT2D eigenvalue weighted by molar-refractivity contribution is 0.113. The van der Waals surface area contributed by atoms with Crippen molar-refractivity contribution in [2.75, 3.05) is 13.2 Å². The predicted octanol–water partition coefficient (Wildman–Crippen LogP) is 5.83. The van der Waals surface area contributed by atoms with E-state index in [2.05, 4.69) is 27.7 Å². The number of rotatable bonds is 20. The van der Waals surface area contributed by atoms with Crippen LogP contribution in [0.5, 0.6) is 11.8 Å². The predicted molar refractivity (Wildman–Crippen MR) is 157 cm³/mol. The van der Waals surface area contributed by atoms with E-state index in [1.54, 1.807) is 19.9 Å². The van der Waals surface area contributed by atoms with Crippen molar-refractivity contribution >= 4 is 0 Å². The maximum atomic E-state index is 12.8. The molecule has 0 spiro atoms. The normalized spacial score (nSPS) is 12.5. The van der Waals surface area contributed by atoms with Gasteiger partial charge in [-0.05, 0) is 70.6 Å². The van der Waals surface area contributed by atoms with E-state index in [0.717, 1.165) is 77.2 Å². The molecule has 0 atom stereocenters. The molecule has 0 amide bonds.